The third-order valence-corrected chi connectivity index (χ3v) is 3.93. The van der Waals surface area contributed by atoms with Gasteiger partial charge in [0.05, 0.1) is 0 Å². The second kappa shape index (κ2) is 4.03. The smallest absolute Gasteiger partial charge is 0.195 e. The molecule has 0 aromatic heterocycles. The van der Waals surface area contributed by atoms with Crippen LogP contribution in [0.15, 0.2) is 54.6 Å². The molecule has 4 rings (SSSR count). The van der Waals surface area contributed by atoms with Crippen molar-refractivity contribution in [3.8, 4) is 5.75 Å². The molecule has 0 heterocycles. The third kappa shape index (κ3) is 1.48. The van der Waals surface area contributed by atoms with Gasteiger partial charge in [0.1, 0.15) is 5.75 Å². The normalized spacial score (nSPS) is 13.1. The van der Waals surface area contributed by atoms with Crippen molar-refractivity contribution in [2.24, 2.45) is 0 Å². The first-order valence-electron chi connectivity index (χ1n) is 6.61. The molecule has 0 spiro atoms. The number of rotatable bonds is 0. The largest absolute Gasteiger partial charge is 0.507 e. The van der Waals surface area contributed by atoms with E-state index in [1.165, 1.54) is 0 Å². The second-order valence-electron chi connectivity index (χ2n) is 5.06. The average Bonchev–Trinajstić information content (AvgIpc) is 2.52. The lowest BCUT2D eigenvalue weighted by atomic mass is 9.81. The molecule has 3 aromatic rings. The topological polar surface area (TPSA) is 54.4 Å². The van der Waals surface area contributed by atoms with Crippen LogP contribution in [0.3, 0.4) is 0 Å². The molecule has 0 unspecified atom stereocenters. The Hall–Kier alpha value is -2.94. The van der Waals surface area contributed by atoms with Gasteiger partial charge in [-0.15, -0.1) is 0 Å². The molecular formula is C18H10O3. The first-order valence-corrected chi connectivity index (χ1v) is 6.61. The fraction of sp³-hybridized carbons (Fsp3) is 0. The molecule has 3 heteroatoms. The van der Waals surface area contributed by atoms with Gasteiger partial charge < -0.3 is 5.11 Å². The molecule has 0 atom stereocenters. The molecule has 0 saturated heterocycles. The maximum Gasteiger partial charge on any atom is 0.195 e. The predicted octanol–water partition coefficient (Wildman–Crippen LogP) is 3.32. The van der Waals surface area contributed by atoms with Gasteiger partial charge in [0.2, 0.25) is 0 Å². The van der Waals surface area contributed by atoms with Crippen LogP contribution in [-0.4, -0.2) is 16.7 Å². The van der Waals surface area contributed by atoms with Gasteiger partial charge in [-0.3, -0.25) is 9.59 Å². The van der Waals surface area contributed by atoms with Crippen molar-refractivity contribution < 1.29 is 14.7 Å². The van der Waals surface area contributed by atoms with Crippen LogP contribution in [-0.2, 0) is 0 Å². The van der Waals surface area contributed by atoms with E-state index in [1.54, 1.807) is 54.6 Å². The summed E-state index contributed by atoms with van der Waals surface area (Å²) in [6.07, 6.45) is 0. The predicted molar refractivity (Wildman–Crippen MR) is 78.9 cm³/mol. The molecule has 0 amide bonds. The van der Waals surface area contributed by atoms with Crippen LogP contribution in [0.5, 0.6) is 5.75 Å². The number of aromatic hydroxyl groups is 1. The molecule has 100 valence electrons. The summed E-state index contributed by atoms with van der Waals surface area (Å²) >= 11 is 0. The van der Waals surface area contributed by atoms with E-state index < -0.39 is 0 Å². The van der Waals surface area contributed by atoms with Crippen molar-refractivity contribution in [1.29, 1.82) is 0 Å². The van der Waals surface area contributed by atoms with E-state index in [0.717, 1.165) is 0 Å². The highest BCUT2D eigenvalue weighted by Crippen LogP contribution is 2.35. The highest BCUT2D eigenvalue weighted by atomic mass is 16.3. The zero-order chi connectivity index (χ0) is 14.6. The van der Waals surface area contributed by atoms with Crippen LogP contribution in [0.25, 0.3) is 10.8 Å². The van der Waals surface area contributed by atoms with E-state index in [0.29, 0.717) is 33.0 Å². The number of carbonyl (C=O) groups is 2. The Kier molecular flexibility index (Phi) is 2.27. The summed E-state index contributed by atoms with van der Waals surface area (Å²) in [6, 6.07) is 15.1. The van der Waals surface area contributed by atoms with Crippen LogP contribution in [0.1, 0.15) is 31.8 Å². The van der Waals surface area contributed by atoms with E-state index in [9.17, 15) is 14.7 Å². The van der Waals surface area contributed by atoms with Crippen molar-refractivity contribution in [2.45, 2.75) is 0 Å². The summed E-state index contributed by atoms with van der Waals surface area (Å²) < 4.78 is 0. The number of hydrogen-bond donors (Lipinski definition) is 1. The fourth-order valence-corrected chi connectivity index (χ4v) is 2.93. The molecule has 1 N–H and O–H groups in total. The van der Waals surface area contributed by atoms with Gasteiger partial charge in [0.25, 0.3) is 0 Å². The van der Waals surface area contributed by atoms with E-state index in [1.807, 2.05) is 0 Å². The SMILES string of the molecule is O=C1c2ccccc2C(=O)c2c1ccc1c(O)cccc21. The van der Waals surface area contributed by atoms with Crippen molar-refractivity contribution in [3.05, 3.63) is 76.9 Å². The van der Waals surface area contributed by atoms with Crippen LogP contribution < -0.4 is 0 Å². The van der Waals surface area contributed by atoms with Crippen molar-refractivity contribution in [1.82, 2.24) is 0 Å². The van der Waals surface area contributed by atoms with Crippen LogP contribution in [0.2, 0.25) is 0 Å². The molecule has 3 aromatic carbocycles. The summed E-state index contributed by atoms with van der Waals surface area (Å²) in [5.74, 6) is -0.212. The highest BCUT2D eigenvalue weighted by molar-refractivity contribution is 6.32. The average molecular weight is 274 g/mol. The van der Waals surface area contributed by atoms with Crippen LogP contribution >= 0.6 is 0 Å². The van der Waals surface area contributed by atoms with E-state index in [4.69, 9.17) is 0 Å². The molecule has 0 radical (unpaired) electrons. The Morgan fingerprint density at radius 1 is 0.619 bits per heavy atom. The molecule has 0 bridgehead atoms. The summed E-state index contributed by atoms with van der Waals surface area (Å²) in [5, 5.41) is 11.1. The van der Waals surface area contributed by atoms with Crippen molar-refractivity contribution in [2.75, 3.05) is 0 Å². The lowest BCUT2D eigenvalue weighted by Gasteiger charge is -2.19. The second-order valence-corrected chi connectivity index (χ2v) is 5.06. The number of phenols is 1. The molecule has 0 saturated carbocycles. The summed E-state index contributed by atoms with van der Waals surface area (Å²) in [5.41, 5.74) is 1.64. The maximum absolute atomic E-state index is 12.7. The standard InChI is InChI=1S/C18H10O3/c19-15-7-3-6-11-10(15)8-9-14-16(11)18(21)13-5-2-1-4-12(13)17(14)20/h1-9,19H. The van der Waals surface area contributed by atoms with Gasteiger partial charge in [-0.05, 0) is 23.6 Å². The molecule has 3 nitrogen and oxygen atoms in total. The molecule has 0 fully saturated rings. The molecule has 0 aliphatic heterocycles. The zero-order valence-corrected chi connectivity index (χ0v) is 11.0. The Labute approximate surface area is 120 Å². The summed E-state index contributed by atoms with van der Waals surface area (Å²) in [7, 11) is 0. The van der Waals surface area contributed by atoms with Crippen molar-refractivity contribution in [3.63, 3.8) is 0 Å². The lowest BCUT2D eigenvalue weighted by Crippen LogP contribution is -2.21. The molecule has 1 aliphatic rings. The Morgan fingerprint density at radius 3 is 2.10 bits per heavy atom. The van der Waals surface area contributed by atoms with E-state index >= 15 is 0 Å². The van der Waals surface area contributed by atoms with Crippen LogP contribution in [0, 0.1) is 0 Å². The highest BCUT2D eigenvalue weighted by Gasteiger charge is 2.30. The Balaban J connectivity index is 2.14. The van der Waals surface area contributed by atoms with Gasteiger partial charge in [-0.25, -0.2) is 0 Å². The maximum atomic E-state index is 12.7. The minimum Gasteiger partial charge on any atom is -0.507 e. The summed E-state index contributed by atoms with van der Waals surface area (Å²) in [4.78, 5) is 25.3. The molecule has 1 aliphatic carbocycles. The number of carbonyl (C=O) groups excluding carboxylic acids is 2. The Morgan fingerprint density at radius 2 is 1.33 bits per heavy atom. The number of benzene rings is 3. The Bertz CT molecular complexity index is 938. The zero-order valence-electron chi connectivity index (χ0n) is 11.0. The number of ketones is 2. The van der Waals surface area contributed by atoms with Gasteiger partial charge >= 0.3 is 0 Å². The number of fused-ring (bicyclic) bond motifs is 4. The first kappa shape index (κ1) is 11.9. The van der Waals surface area contributed by atoms with Gasteiger partial charge in [0, 0.05) is 27.6 Å². The molecule has 21 heavy (non-hydrogen) atoms. The van der Waals surface area contributed by atoms with Crippen molar-refractivity contribution >= 4 is 22.3 Å². The monoisotopic (exact) mass is 274 g/mol. The van der Waals surface area contributed by atoms with Gasteiger partial charge in [-0.1, -0.05) is 36.4 Å². The quantitative estimate of drug-likeness (QED) is 0.535. The first-order chi connectivity index (χ1) is 10.2. The lowest BCUT2D eigenvalue weighted by molar-refractivity contribution is 0.0980. The fourth-order valence-electron chi connectivity index (χ4n) is 2.93. The minimum atomic E-state index is -0.170. The third-order valence-electron chi connectivity index (χ3n) is 3.93. The van der Waals surface area contributed by atoms with Gasteiger partial charge in [-0.2, -0.15) is 0 Å². The number of phenolic OH excluding ortho intramolecular Hbond substituents is 1. The summed E-state index contributed by atoms with van der Waals surface area (Å²) in [6.45, 7) is 0. The molecular weight excluding hydrogens is 264 g/mol. The minimum absolute atomic E-state index is 0.106. The number of hydrogen-bond acceptors (Lipinski definition) is 3. The van der Waals surface area contributed by atoms with E-state index in [-0.39, 0.29) is 17.3 Å². The van der Waals surface area contributed by atoms with E-state index in [2.05, 4.69) is 0 Å². The van der Waals surface area contributed by atoms with Gasteiger partial charge in [0.15, 0.2) is 11.6 Å². The van der Waals surface area contributed by atoms with Crippen LogP contribution in [0.4, 0.5) is 0 Å².